The summed E-state index contributed by atoms with van der Waals surface area (Å²) in [4.78, 5) is 4.62. The summed E-state index contributed by atoms with van der Waals surface area (Å²) < 4.78 is 0. The Morgan fingerprint density at radius 1 is 1.05 bits per heavy atom. The molecule has 2 aromatic rings. The Morgan fingerprint density at radius 3 is 2.30 bits per heavy atom. The van der Waals surface area contributed by atoms with E-state index >= 15 is 0 Å². The van der Waals surface area contributed by atoms with Crippen molar-refractivity contribution in [2.75, 3.05) is 5.75 Å². The maximum Gasteiger partial charge on any atom is 0.154 e. The first-order chi connectivity index (χ1) is 9.83. The van der Waals surface area contributed by atoms with Gasteiger partial charge >= 0.3 is 0 Å². The molecule has 0 amide bonds. The predicted molar refractivity (Wildman–Crippen MR) is 87.2 cm³/mol. The predicted octanol–water partition coefficient (Wildman–Crippen LogP) is 3.44. The molecule has 0 bridgehead atoms. The lowest BCUT2D eigenvalue weighted by molar-refractivity contribution is 0.579. The average Bonchev–Trinajstić information content (AvgIpc) is 2.93. The third kappa shape index (κ3) is 3.05. The van der Waals surface area contributed by atoms with Gasteiger partial charge in [0, 0.05) is 11.7 Å². The first kappa shape index (κ1) is 13.3. The van der Waals surface area contributed by atoms with E-state index in [0.717, 1.165) is 17.3 Å². The fourth-order valence-electron chi connectivity index (χ4n) is 2.66. The molecule has 1 heterocycles. The fourth-order valence-corrected chi connectivity index (χ4v) is 3.52. The van der Waals surface area contributed by atoms with Crippen molar-refractivity contribution in [2.24, 2.45) is 10.7 Å². The Balaban J connectivity index is 1.88. The average molecular weight is 282 g/mol. The van der Waals surface area contributed by atoms with Crippen LogP contribution in [-0.4, -0.2) is 17.0 Å². The molecule has 3 heteroatoms. The van der Waals surface area contributed by atoms with E-state index in [4.69, 9.17) is 5.73 Å². The van der Waals surface area contributed by atoms with Crippen molar-refractivity contribution in [3.8, 4) is 0 Å². The first-order valence-corrected chi connectivity index (χ1v) is 7.86. The molecule has 0 radical (unpaired) electrons. The maximum absolute atomic E-state index is 5.85. The van der Waals surface area contributed by atoms with Crippen LogP contribution in [0.3, 0.4) is 0 Å². The number of amidine groups is 1. The minimum Gasteiger partial charge on any atom is -0.379 e. The van der Waals surface area contributed by atoms with Gasteiger partial charge in [-0.15, -0.1) is 0 Å². The second-order valence-corrected chi connectivity index (χ2v) is 6.09. The van der Waals surface area contributed by atoms with Crippen LogP contribution in [0.4, 0.5) is 0 Å². The molecule has 0 saturated heterocycles. The minimum atomic E-state index is 0.280. The van der Waals surface area contributed by atoms with Crippen molar-refractivity contribution < 1.29 is 0 Å². The van der Waals surface area contributed by atoms with Gasteiger partial charge in [0.15, 0.2) is 5.17 Å². The van der Waals surface area contributed by atoms with Gasteiger partial charge in [0.05, 0.1) is 6.04 Å². The van der Waals surface area contributed by atoms with Crippen LogP contribution in [0.5, 0.6) is 0 Å². The van der Waals surface area contributed by atoms with E-state index in [2.05, 4.69) is 65.7 Å². The van der Waals surface area contributed by atoms with Gasteiger partial charge in [0.1, 0.15) is 0 Å². The normalized spacial score (nSPS) is 19.6. The van der Waals surface area contributed by atoms with Gasteiger partial charge in [-0.2, -0.15) is 0 Å². The Hall–Kier alpha value is -1.74. The van der Waals surface area contributed by atoms with E-state index in [1.54, 1.807) is 11.8 Å². The van der Waals surface area contributed by atoms with Crippen LogP contribution in [0, 0.1) is 0 Å². The number of aliphatic imine (C=N–C) groups is 1. The summed E-state index contributed by atoms with van der Waals surface area (Å²) in [5, 5.41) is 0.726. The highest BCUT2D eigenvalue weighted by Crippen LogP contribution is 2.31. The molecule has 0 fully saturated rings. The van der Waals surface area contributed by atoms with Crippen molar-refractivity contribution >= 4 is 16.9 Å². The monoisotopic (exact) mass is 282 g/mol. The molecule has 2 atom stereocenters. The number of hydrogen-bond acceptors (Lipinski definition) is 3. The quantitative estimate of drug-likeness (QED) is 0.933. The number of benzene rings is 2. The summed E-state index contributed by atoms with van der Waals surface area (Å²) >= 11 is 1.67. The molecule has 1 aliphatic rings. The SMILES string of the molecule is NC1=NC(C(Cc2ccccc2)c2ccccc2)CS1. The zero-order valence-corrected chi connectivity index (χ0v) is 12.1. The van der Waals surface area contributed by atoms with Crippen LogP contribution in [-0.2, 0) is 6.42 Å². The molecule has 3 rings (SSSR count). The van der Waals surface area contributed by atoms with Crippen molar-refractivity contribution in [1.82, 2.24) is 0 Å². The van der Waals surface area contributed by atoms with E-state index in [9.17, 15) is 0 Å². The van der Waals surface area contributed by atoms with Crippen molar-refractivity contribution in [3.63, 3.8) is 0 Å². The summed E-state index contributed by atoms with van der Waals surface area (Å²) in [7, 11) is 0. The van der Waals surface area contributed by atoms with Crippen LogP contribution < -0.4 is 5.73 Å². The minimum absolute atomic E-state index is 0.280. The summed E-state index contributed by atoms with van der Waals surface area (Å²) in [5.41, 5.74) is 8.55. The van der Waals surface area contributed by atoms with Gasteiger partial charge in [-0.05, 0) is 17.5 Å². The lowest BCUT2D eigenvalue weighted by Crippen LogP contribution is -2.19. The van der Waals surface area contributed by atoms with Gasteiger partial charge in [0.2, 0.25) is 0 Å². The fraction of sp³-hybridized carbons (Fsp3) is 0.235. The highest BCUT2D eigenvalue weighted by Gasteiger charge is 2.27. The molecule has 2 unspecified atom stereocenters. The van der Waals surface area contributed by atoms with E-state index in [1.807, 2.05) is 0 Å². The summed E-state index contributed by atoms with van der Waals surface area (Å²) in [6.07, 6.45) is 1.01. The second-order valence-electron chi connectivity index (χ2n) is 5.05. The zero-order valence-electron chi connectivity index (χ0n) is 11.3. The molecule has 2 N–H and O–H groups in total. The topological polar surface area (TPSA) is 38.4 Å². The summed E-state index contributed by atoms with van der Waals surface area (Å²) in [6.45, 7) is 0. The smallest absolute Gasteiger partial charge is 0.154 e. The molecule has 0 aliphatic carbocycles. The maximum atomic E-state index is 5.85. The number of hydrogen-bond donors (Lipinski definition) is 1. The Morgan fingerprint density at radius 2 is 1.70 bits per heavy atom. The number of rotatable bonds is 4. The largest absolute Gasteiger partial charge is 0.379 e. The molecular formula is C17H18N2S. The number of thioether (sulfide) groups is 1. The van der Waals surface area contributed by atoms with E-state index in [-0.39, 0.29) is 6.04 Å². The zero-order chi connectivity index (χ0) is 13.8. The first-order valence-electron chi connectivity index (χ1n) is 6.88. The number of nitrogens with two attached hydrogens (primary N) is 1. The van der Waals surface area contributed by atoms with Gasteiger partial charge < -0.3 is 5.73 Å². The molecule has 102 valence electrons. The van der Waals surface area contributed by atoms with E-state index in [0.29, 0.717) is 5.92 Å². The van der Waals surface area contributed by atoms with Crippen LogP contribution in [0.25, 0.3) is 0 Å². The van der Waals surface area contributed by atoms with Gasteiger partial charge in [-0.1, -0.05) is 72.4 Å². The molecule has 1 aliphatic heterocycles. The Labute approximate surface area is 124 Å². The van der Waals surface area contributed by atoms with E-state index < -0.39 is 0 Å². The lowest BCUT2D eigenvalue weighted by Gasteiger charge is -2.21. The van der Waals surface area contributed by atoms with Gasteiger partial charge in [-0.25, -0.2) is 0 Å². The van der Waals surface area contributed by atoms with Crippen LogP contribution in [0.1, 0.15) is 17.0 Å². The molecular weight excluding hydrogens is 264 g/mol. The van der Waals surface area contributed by atoms with Gasteiger partial charge in [-0.3, -0.25) is 4.99 Å². The summed E-state index contributed by atoms with van der Waals surface area (Å²) in [6, 6.07) is 21.6. The highest BCUT2D eigenvalue weighted by atomic mass is 32.2. The molecule has 2 aromatic carbocycles. The van der Waals surface area contributed by atoms with Crippen LogP contribution in [0.15, 0.2) is 65.7 Å². The third-order valence-electron chi connectivity index (χ3n) is 3.69. The molecule has 0 aromatic heterocycles. The standard InChI is InChI=1S/C17H18N2S/c18-17-19-16(12-20-17)15(14-9-5-2-6-10-14)11-13-7-3-1-4-8-13/h1-10,15-16H,11-12H2,(H2,18,19). The highest BCUT2D eigenvalue weighted by molar-refractivity contribution is 8.14. The molecule has 0 spiro atoms. The summed E-state index contributed by atoms with van der Waals surface area (Å²) in [5.74, 6) is 1.38. The number of nitrogens with zero attached hydrogens (tertiary/aromatic N) is 1. The van der Waals surface area contributed by atoms with Crippen molar-refractivity contribution in [1.29, 1.82) is 0 Å². The Kier molecular flexibility index (Phi) is 4.07. The van der Waals surface area contributed by atoms with Crippen molar-refractivity contribution in [2.45, 2.75) is 18.4 Å². The lowest BCUT2D eigenvalue weighted by atomic mass is 9.87. The van der Waals surface area contributed by atoms with Crippen LogP contribution >= 0.6 is 11.8 Å². The molecule has 20 heavy (non-hydrogen) atoms. The van der Waals surface area contributed by atoms with Gasteiger partial charge in [0.25, 0.3) is 0 Å². The Bertz CT molecular complexity index is 580. The molecule has 2 nitrogen and oxygen atoms in total. The second kappa shape index (κ2) is 6.14. The van der Waals surface area contributed by atoms with Crippen molar-refractivity contribution in [3.05, 3.63) is 71.8 Å². The van der Waals surface area contributed by atoms with Crippen LogP contribution in [0.2, 0.25) is 0 Å². The third-order valence-corrected chi connectivity index (χ3v) is 4.60. The molecule has 0 saturated carbocycles. The van der Waals surface area contributed by atoms with E-state index in [1.165, 1.54) is 11.1 Å².